The molecule has 1 fully saturated rings. The number of amides is 1. The Kier molecular flexibility index (Phi) is 4.39. The van der Waals surface area contributed by atoms with Gasteiger partial charge in [0.1, 0.15) is 12.7 Å². The van der Waals surface area contributed by atoms with Crippen LogP contribution in [0.1, 0.15) is 24.2 Å². The molecule has 0 saturated carbocycles. The molecule has 1 atom stereocenters. The highest BCUT2D eigenvalue weighted by molar-refractivity contribution is 5.99. The summed E-state index contributed by atoms with van der Waals surface area (Å²) in [5.74, 6) is 0.274. The number of hydrogen-bond donors (Lipinski definition) is 2. The molecule has 0 bridgehead atoms. The van der Waals surface area contributed by atoms with Crippen LogP contribution in [0.5, 0.6) is 0 Å². The Morgan fingerprint density at radius 3 is 2.89 bits per heavy atom. The lowest BCUT2D eigenvalue weighted by Crippen LogP contribution is -2.29. The van der Waals surface area contributed by atoms with E-state index in [1.165, 1.54) is 5.06 Å². The van der Waals surface area contributed by atoms with E-state index in [2.05, 4.69) is 19.2 Å². The summed E-state index contributed by atoms with van der Waals surface area (Å²) in [6.45, 7) is 5.41. The van der Waals surface area contributed by atoms with Gasteiger partial charge in [0.2, 0.25) is 0 Å². The molecule has 1 unspecified atom stereocenters. The number of benzene rings is 1. The average Bonchev–Trinajstić information content (AvgIpc) is 2.82. The molecule has 1 aliphatic heterocycles. The molecule has 2 rings (SSSR count). The number of anilines is 1. The summed E-state index contributed by atoms with van der Waals surface area (Å²) in [4.78, 5) is 17.5. The number of carbonyl (C=O) groups excluding carboxylic acids is 1. The molecule has 1 aromatic rings. The van der Waals surface area contributed by atoms with Gasteiger partial charge in [-0.05, 0) is 18.1 Å². The number of nitrogens with zero attached hydrogens (tertiary/aromatic N) is 1. The quantitative estimate of drug-likeness (QED) is 0.865. The van der Waals surface area contributed by atoms with Gasteiger partial charge < -0.3 is 10.4 Å². The van der Waals surface area contributed by atoms with Gasteiger partial charge in [0.05, 0.1) is 12.1 Å². The van der Waals surface area contributed by atoms with Gasteiger partial charge in [-0.15, -0.1) is 0 Å². The maximum atomic E-state index is 12.3. The lowest BCUT2D eigenvalue weighted by atomic mass is 10.1. The fraction of sp³-hybridized carbons (Fsp3) is 0.500. The van der Waals surface area contributed by atoms with E-state index in [1.807, 2.05) is 18.2 Å². The lowest BCUT2D eigenvalue weighted by Gasteiger charge is -2.17. The van der Waals surface area contributed by atoms with Crippen molar-refractivity contribution in [3.05, 3.63) is 29.8 Å². The number of aliphatic hydroxyl groups excluding tert-OH is 1. The highest BCUT2D eigenvalue weighted by atomic mass is 16.7. The van der Waals surface area contributed by atoms with Crippen molar-refractivity contribution in [1.29, 1.82) is 0 Å². The minimum atomic E-state index is -0.597. The van der Waals surface area contributed by atoms with Crippen molar-refractivity contribution >= 4 is 11.6 Å². The average molecular weight is 264 g/mol. The Labute approximate surface area is 113 Å². The van der Waals surface area contributed by atoms with E-state index in [9.17, 15) is 9.90 Å². The zero-order valence-electron chi connectivity index (χ0n) is 11.3. The predicted molar refractivity (Wildman–Crippen MR) is 72.8 cm³/mol. The summed E-state index contributed by atoms with van der Waals surface area (Å²) in [6.07, 6.45) is -0.597. The normalized spacial score (nSPS) is 18.9. The maximum absolute atomic E-state index is 12.3. The fourth-order valence-electron chi connectivity index (χ4n) is 1.89. The zero-order valence-corrected chi connectivity index (χ0v) is 11.3. The molecular formula is C14H20N2O3. The van der Waals surface area contributed by atoms with Gasteiger partial charge in [-0.1, -0.05) is 26.0 Å². The van der Waals surface area contributed by atoms with Crippen molar-refractivity contribution in [2.45, 2.75) is 20.0 Å². The van der Waals surface area contributed by atoms with Gasteiger partial charge in [0.25, 0.3) is 5.91 Å². The fourth-order valence-corrected chi connectivity index (χ4v) is 1.89. The molecule has 0 aromatic heterocycles. The van der Waals surface area contributed by atoms with Crippen LogP contribution in [0.3, 0.4) is 0 Å². The van der Waals surface area contributed by atoms with E-state index in [-0.39, 0.29) is 19.1 Å². The molecule has 0 aliphatic carbocycles. The molecule has 1 amide bonds. The van der Waals surface area contributed by atoms with Crippen molar-refractivity contribution < 1.29 is 14.7 Å². The third-order valence-corrected chi connectivity index (χ3v) is 2.88. The number of β-amino-alcohol motifs (C(OH)–C–C–N with tert-alkyl or cyclic N) is 1. The summed E-state index contributed by atoms with van der Waals surface area (Å²) in [5.41, 5.74) is 1.36. The Bertz CT molecular complexity index is 448. The summed E-state index contributed by atoms with van der Waals surface area (Å²) in [5, 5.41) is 13.9. The first kappa shape index (κ1) is 13.8. The topological polar surface area (TPSA) is 61.8 Å². The highest BCUT2D eigenvalue weighted by Crippen LogP contribution is 2.19. The first-order valence-electron chi connectivity index (χ1n) is 6.53. The number of hydroxylamine groups is 2. The molecule has 5 heteroatoms. The van der Waals surface area contributed by atoms with Crippen molar-refractivity contribution in [3.8, 4) is 0 Å². The molecule has 0 spiro atoms. The van der Waals surface area contributed by atoms with Crippen molar-refractivity contribution in [3.63, 3.8) is 0 Å². The first-order chi connectivity index (χ1) is 9.08. The van der Waals surface area contributed by atoms with Gasteiger partial charge in [-0.3, -0.25) is 9.63 Å². The second kappa shape index (κ2) is 6.04. The summed E-state index contributed by atoms with van der Waals surface area (Å²) in [7, 11) is 0. The van der Waals surface area contributed by atoms with Gasteiger partial charge in [-0.25, -0.2) is 5.06 Å². The van der Waals surface area contributed by atoms with E-state index < -0.39 is 6.10 Å². The molecular weight excluding hydrogens is 244 g/mol. The number of carbonyl (C=O) groups is 1. The predicted octanol–water partition coefficient (Wildman–Crippen LogP) is 1.50. The molecule has 19 heavy (non-hydrogen) atoms. The zero-order chi connectivity index (χ0) is 13.8. The molecule has 2 N–H and O–H groups in total. The van der Waals surface area contributed by atoms with Crippen LogP contribution in [0.15, 0.2) is 24.3 Å². The Morgan fingerprint density at radius 2 is 2.26 bits per heavy atom. The number of nitrogens with one attached hydrogen (secondary N) is 1. The molecule has 0 radical (unpaired) electrons. The third kappa shape index (κ3) is 3.45. The SMILES string of the molecule is CC(C)CNc1ccccc1C(=O)N1CC(O)CO1. The van der Waals surface area contributed by atoms with Crippen molar-refractivity contribution in [1.82, 2.24) is 5.06 Å². The van der Waals surface area contributed by atoms with E-state index in [1.54, 1.807) is 6.07 Å². The van der Waals surface area contributed by atoms with Crippen LogP contribution in [0.2, 0.25) is 0 Å². The third-order valence-electron chi connectivity index (χ3n) is 2.88. The molecule has 1 heterocycles. The summed E-state index contributed by atoms with van der Waals surface area (Å²) >= 11 is 0. The minimum Gasteiger partial charge on any atom is -0.389 e. The van der Waals surface area contributed by atoms with Crippen molar-refractivity contribution in [2.75, 3.05) is 25.0 Å². The monoisotopic (exact) mass is 264 g/mol. The molecule has 104 valence electrons. The van der Waals surface area contributed by atoms with Crippen LogP contribution in [0.4, 0.5) is 5.69 Å². The van der Waals surface area contributed by atoms with E-state index >= 15 is 0 Å². The second-order valence-electron chi connectivity index (χ2n) is 5.14. The number of hydrogen-bond acceptors (Lipinski definition) is 4. The number of para-hydroxylation sites is 1. The van der Waals surface area contributed by atoms with Gasteiger partial charge in [0.15, 0.2) is 0 Å². The smallest absolute Gasteiger partial charge is 0.279 e. The number of aliphatic hydroxyl groups is 1. The Hall–Kier alpha value is -1.59. The van der Waals surface area contributed by atoms with E-state index in [0.717, 1.165) is 12.2 Å². The Morgan fingerprint density at radius 1 is 1.53 bits per heavy atom. The Balaban J connectivity index is 2.12. The van der Waals surface area contributed by atoms with Crippen LogP contribution in [0, 0.1) is 5.92 Å². The number of rotatable bonds is 4. The molecule has 1 aliphatic rings. The van der Waals surface area contributed by atoms with E-state index in [0.29, 0.717) is 11.5 Å². The van der Waals surface area contributed by atoms with Gasteiger partial charge in [-0.2, -0.15) is 0 Å². The summed E-state index contributed by atoms with van der Waals surface area (Å²) in [6, 6.07) is 7.35. The van der Waals surface area contributed by atoms with Crippen LogP contribution >= 0.6 is 0 Å². The standard InChI is InChI=1S/C14H20N2O3/c1-10(2)7-15-13-6-4-3-5-12(13)14(18)16-8-11(17)9-19-16/h3-6,10-11,15,17H,7-9H2,1-2H3. The summed E-state index contributed by atoms with van der Waals surface area (Å²) < 4.78 is 0. The van der Waals surface area contributed by atoms with Crippen LogP contribution < -0.4 is 5.32 Å². The first-order valence-corrected chi connectivity index (χ1v) is 6.53. The van der Waals surface area contributed by atoms with Crippen LogP contribution in [0.25, 0.3) is 0 Å². The maximum Gasteiger partial charge on any atom is 0.279 e. The molecule has 1 aromatic carbocycles. The molecule has 5 nitrogen and oxygen atoms in total. The van der Waals surface area contributed by atoms with Crippen LogP contribution in [-0.2, 0) is 4.84 Å². The largest absolute Gasteiger partial charge is 0.389 e. The van der Waals surface area contributed by atoms with Crippen molar-refractivity contribution in [2.24, 2.45) is 5.92 Å². The van der Waals surface area contributed by atoms with E-state index in [4.69, 9.17) is 4.84 Å². The highest BCUT2D eigenvalue weighted by Gasteiger charge is 2.28. The van der Waals surface area contributed by atoms with Crippen LogP contribution in [-0.4, -0.2) is 41.9 Å². The lowest BCUT2D eigenvalue weighted by molar-refractivity contribution is -0.0779. The second-order valence-corrected chi connectivity index (χ2v) is 5.14. The molecule has 1 saturated heterocycles. The minimum absolute atomic E-state index is 0.174. The van der Waals surface area contributed by atoms with Gasteiger partial charge in [0, 0.05) is 12.2 Å². The van der Waals surface area contributed by atoms with Gasteiger partial charge >= 0.3 is 0 Å².